The minimum atomic E-state index is 0.749. The Morgan fingerprint density at radius 2 is 1.75 bits per heavy atom. The van der Waals surface area contributed by atoms with E-state index in [1.165, 1.54) is 18.1 Å². The summed E-state index contributed by atoms with van der Waals surface area (Å²) in [4.78, 5) is 18.0. The molecule has 4 heterocycles. The van der Waals surface area contributed by atoms with Gasteiger partial charge in [-0.05, 0) is 17.9 Å². The average molecular weight is 287 g/mol. The molecule has 104 valence electrons. The van der Waals surface area contributed by atoms with Crippen molar-refractivity contribution in [3.8, 4) is 0 Å². The van der Waals surface area contributed by atoms with Crippen LogP contribution in [0.25, 0.3) is 0 Å². The van der Waals surface area contributed by atoms with Crippen LogP contribution in [0.15, 0.2) is 30.0 Å². The minimum absolute atomic E-state index is 0.749. The van der Waals surface area contributed by atoms with E-state index >= 15 is 0 Å². The fourth-order valence-corrected chi connectivity index (χ4v) is 4.02. The van der Waals surface area contributed by atoms with Gasteiger partial charge >= 0.3 is 0 Å². The van der Waals surface area contributed by atoms with Crippen LogP contribution in [0.5, 0.6) is 0 Å². The molecule has 2 saturated heterocycles. The Balaban J connectivity index is 1.38. The van der Waals surface area contributed by atoms with Crippen molar-refractivity contribution in [3.63, 3.8) is 0 Å². The number of hydrogen-bond acceptors (Lipinski definition) is 6. The van der Waals surface area contributed by atoms with Gasteiger partial charge in [0.15, 0.2) is 0 Å². The van der Waals surface area contributed by atoms with Gasteiger partial charge in [-0.15, -0.1) is 11.3 Å². The molecule has 0 aliphatic carbocycles. The maximum absolute atomic E-state index is 4.38. The second kappa shape index (κ2) is 5.10. The molecule has 4 rings (SSSR count). The summed E-state index contributed by atoms with van der Waals surface area (Å²) in [6.07, 6.45) is 5.54. The molecule has 0 aromatic carbocycles. The molecule has 0 bridgehead atoms. The van der Waals surface area contributed by atoms with Gasteiger partial charge in [0.05, 0.1) is 6.54 Å². The number of aromatic nitrogens is 3. The summed E-state index contributed by atoms with van der Waals surface area (Å²) in [5.41, 5.74) is 0. The fraction of sp³-hybridized carbons (Fsp3) is 0.500. The quantitative estimate of drug-likeness (QED) is 0.856. The highest BCUT2D eigenvalue weighted by molar-refractivity contribution is 7.09. The molecule has 0 unspecified atom stereocenters. The van der Waals surface area contributed by atoms with Crippen LogP contribution in [0.2, 0.25) is 0 Å². The van der Waals surface area contributed by atoms with Crippen molar-refractivity contribution in [2.24, 2.45) is 11.8 Å². The molecule has 0 spiro atoms. The molecule has 20 heavy (non-hydrogen) atoms. The monoisotopic (exact) mass is 287 g/mol. The van der Waals surface area contributed by atoms with Crippen LogP contribution in [0.3, 0.4) is 0 Å². The lowest BCUT2D eigenvalue weighted by Crippen LogP contribution is -2.29. The Labute approximate surface area is 122 Å². The predicted molar refractivity (Wildman–Crippen MR) is 78.6 cm³/mol. The van der Waals surface area contributed by atoms with Gasteiger partial charge in [0.1, 0.15) is 5.01 Å². The van der Waals surface area contributed by atoms with E-state index in [1.807, 2.05) is 24.7 Å². The molecule has 5 nitrogen and oxygen atoms in total. The molecule has 2 aromatic rings. The zero-order valence-electron chi connectivity index (χ0n) is 11.2. The number of thiazole rings is 1. The Bertz CT molecular complexity index is 544. The largest absolute Gasteiger partial charge is 0.340 e. The number of nitrogens with zero attached hydrogens (tertiary/aromatic N) is 5. The molecule has 0 saturated carbocycles. The van der Waals surface area contributed by atoms with Gasteiger partial charge in [-0.2, -0.15) is 0 Å². The van der Waals surface area contributed by atoms with Crippen molar-refractivity contribution in [2.45, 2.75) is 6.54 Å². The summed E-state index contributed by atoms with van der Waals surface area (Å²) >= 11 is 1.75. The molecule has 0 radical (unpaired) electrons. The highest BCUT2D eigenvalue weighted by atomic mass is 32.1. The highest BCUT2D eigenvalue weighted by Crippen LogP contribution is 2.33. The van der Waals surface area contributed by atoms with Crippen LogP contribution in [0.1, 0.15) is 5.01 Å². The van der Waals surface area contributed by atoms with E-state index in [1.54, 1.807) is 11.3 Å². The van der Waals surface area contributed by atoms with Crippen LogP contribution in [-0.2, 0) is 6.54 Å². The van der Waals surface area contributed by atoms with E-state index in [-0.39, 0.29) is 0 Å². The zero-order valence-corrected chi connectivity index (χ0v) is 12.0. The van der Waals surface area contributed by atoms with Gasteiger partial charge < -0.3 is 4.90 Å². The lowest BCUT2D eigenvalue weighted by Gasteiger charge is -2.20. The molecule has 0 amide bonds. The molecular formula is C14H17N5S. The summed E-state index contributed by atoms with van der Waals surface area (Å²) in [6.45, 7) is 5.53. The highest BCUT2D eigenvalue weighted by Gasteiger charge is 2.40. The van der Waals surface area contributed by atoms with Gasteiger partial charge in [-0.1, -0.05) is 0 Å². The van der Waals surface area contributed by atoms with Crippen LogP contribution in [-0.4, -0.2) is 46.0 Å². The van der Waals surface area contributed by atoms with Crippen LogP contribution < -0.4 is 4.90 Å². The SMILES string of the molecule is c1cnc(N2C[C@H]3CN(Cc4nccs4)C[C@H]3C2)nc1. The normalized spacial score (nSPS) is 26.1. The molecule has 0 N–H and O–H groups in total. The van der Waals surface area contributed by atoms with Gasteiger partial charge in [0.2, 0.25) is 5.95 Å². The van der Waals surface area contributed by atoms with Crippen molar-refractivity contribution in [1.29, 1.82) is 0 Å². The summed E-state index contributed by atoms with van der Waals surface area (Å²) < 4.78 is 0. The lowest BCUT2D eigenvalue weighted by molar-refractivity contribution is 0.308. The first-order valence-electron chi connectivity index (χ1n) is 7.01. The second-order valence-corrected chi connectivity index (χ2v) is 6.57. The summed E-state index contributed by atoms with van der Waals surface area (Å²) in [6, 6.07) is 1.87. The molecule has 2 aromatic heterocycles. The Hall–Kier alpha value is -1.53. The van der Waals surface area contributed by atoms with Gasteiger partial charge in [0.25, 0.3) is 0 Å². The van der Waals surface area contributed by atoms with E-state index in [0.29, 0.717) is 0 Å². The Morgan fingerprint density at radius 1 is 1.00 bits per heavy atom. The number of anilines is 1. The van der Waals surface area contributed by atoms with Crippen LogP contribution >= 0.6 is 11.3 Å². The third kappa shape index (κ3) is 2.29. The molecular weight excluding hydrogens is 270 g/mol. The van der Waals surface area contributed by atoms with Gasteiger partial charge in [-0.25, -0.2) is 15.0 Å². The zero-order chi connectivity index (χ0) is 13.4. The van der Waals surface area contributed by atoms with E-state index in [2.05, 4.69) is 30.1 Å². The first-order chi connectivity index (χ1) is 9.88. The second-order valence-electron chi connectivity index (χ2n) is 5.59. The van der Waals surface area contributed by atoms with E-state index in [0.717, 1.165) is 37.4 Å². The van der Waals surface area contributed by atoms with Crippen LogP contribution in [0.4, 0.5) is 5.95 Å². The van der Waals surface area contributed by atoms with Crippen molar-refractivity contribution < 1.29 is 0 Å². The number of fused-ring (bicyclic) bond motifs is 1. The summed E-state index contributed by atoms with van der Waals surface area (Å²) in [7, 11) is 0. The third-order valence-electron chi connectivity index (χ3n) is 4.24. The predicted octanol–water partition coefficient (Wildman–Crippen LogP) is 1.50. The van der Waals surface area contributed by atoms with Gasteiger partial charge in [-0.3, -0.25) is 4.90 Å². The fourth-order valence-electron chi connectivity index (χ4n) is 3.36. The van der Waals surface area contributed by atoms with Crippen molar-refractivity contribution in [2.75, 3.05) is 31.1 Å². The standard InChI is InChI=1S/C14H17N5S/c1-2-16-14(17-3-1)19-8-11-6-18(7-12(11)9-19)10-13-15-4-5-20-13/h1-5,11-12H,6-10H2/t11-,12+. The van der Waals surface area contributed by atoms with E-state index in [4.69, 9.17) is 0 Å². The summed E-state index contributed by atoms with van der Waals surface area (Å²) in [5, 5.41) is 3.29. The molecule has 2 aliphatic heterocycles. The third-order valence-corrected chi connectivity index (χ3v) is 5.00. The molecule has 2 atom stereocenters. The number of likely N-dealkylation sites (tertiary alicyclic amines) is 1. The summed E-state index contributed by atoms with van der Waals surface area (Å²) in [5.74, 6) is 2.38. The topological polar surface area (TPSA) is 45.2 Å². The van der Waals surface area contributed by atoms with Crippen molar-refractivity contribution in [1.82, 2.24) is 19.9 Å². The minimum Gasteiger partial charge on any atom is -0.340 e. The average Bonchev–Trinajstić information content (AvgIpc) is 3.16. The first kappa shape index (κ1) is 12.2. The number of rotatable bonds is 3. The van der Waals surface area contributed by atoms with E-state index < -0.39 is 0 Å². The number of hydrogen-bond donors (Lipinski definition) is 0. The molecule has 6 heteroatoms. The Morgan fingerprint density at radius 3 is 2.40 bits per heavy atom. The Kier molecular flexibility index (Phi) is 3.12. The van der Waals surface area contributed by atoms with E-state index in [9.17, 15) is 0 Å². The van der Waals surface area contributed by atoms with Gasteiger partial charge in [0, 0.05) is 50.1 Å². The molecule has 2 fully saturated rings. The first-order valence-corrected chi connectivity index (χ1v) is 7.89. The smallest absolute Gasteiger partial charge is 0.225 e. The van der Waals surface area contributed by atoms with Crippen molar-refractivity contribution >= 4 is 17.3 Å². The molecule has 2 aliphatic rings. The maximum Gasteiger partial charge on any atom is 0.225 e. The van der Waals surface area contributed by atoms with Crippen molar-refractivity contribution in [3.05, 3.63) is 35.0 Å². The van der Waals surface area contributed by atoms with Crippen LogP contribution in [0, 0.1) is 11.8 Å². The maximum atomic E-state index is 4.38. The lowest BCUT2D eigenvalue weighted by atomic mass is 10.0.